The Morgan fingerprint density at radius 1 is 0.879 bits per heavy atom. The maximum Gasteiger partial charge on any atom is 0.293 e. The van der Waals surface area contributed by atoms with E-state index in [9.17, 15) is 19.7 Å². The van der Waals surface area contributed by atoms with E-state index >= 15 is 0 Å². The molecule has 0 aromatic heterocycles. The van der Waals surface area contributed by atoms with E-state index in [1.165, 1.54) is 13.0 Å². The summed E-state index contributed by atoms with van der Waals surface area (Å²) in [6, 6.07) is 21.8. The summed E-state index contributed by atoms with van der Waals surface area (Å²) < 4.78 is 0. The summed E-state index contributed by atoms with van der Waals surface area (Å²) in [5.74, 6) is -0.425. The molecule has 3 aromatic carbocycles. The van der Waals surface area contributed by atoms with Crippen LogP contribution in [0, 0.1) is 10.1 Å². The van der Waals surface area contributed by atoms with Crippen LogP contribution in [-0.2, 0) is 4.79 Å². The van der Waals surface area contributed by atoms with Crippen LogP contribution < -0.4 is 10.2 Å². The second kappa shape index (κ2) is 9.52. The van der Waals surface area contributed by atoms with Crippen molar-refractivity contribution in [3.8, 4) is 11.1 Å². The van der Waals surface area contributed by atoms with Gasteiger partial charge in [-0.2, -0.15) is 0 Å². The van der Waals surface area contributed by atoms with Gasteiger partial charge in [0.25, 0.3) is 11.6 Å². The molecule has 1 saturated heterocycles. The number of nitro benzene ring substituents is 1. The molecule has 1 aliphatic heterocycles. The number of carbonyl (C=O) groups excluding carboxylic acids is 2. The Morgan fingerprint density at radius 3 is 2.12 bits per heavy atom. The van der Waals surface area contributed by atoms with E-state index in [2.05, 4.69) is 5.32 Å². The number of anilines is 2. The van der Waals surface area contributed by atoms with E-state index < -0.39 is 10.8 Å². The number of rotatable bonds is 5. The molecule has 0 aliphatic carbocycles. The fourth-order valence-corrected chi connectivity index (χ4v) is 3.92. The lowest BCUT2D eigenvalue weighted by Gasteiger charge is -2.35. The molecule has 0 radical (unpaired) electrons. The molecule has 2 amide bonds. The molecule has 1 aliphatic rings. The summed E-state index contributed by atoms with van der Waals surface area (Å²) in [5, 5.41) is 14.5. The SMILES string of the molecule is CC(=O)N1CCN(c2ccc(C(=O)Nc3ccc(-c4ccccc4)cc3)cc2[N+](=O)[O-])CC1. The van der Waals surface area contributed by atoms with Gasteiger partial charge in [-0.1, -0.05) is 42.5 Å². The van der Waals surface area contributed by atoms with E-state index in [0.717, 1.165) is 11.1 Å². The molecule has 0 bridgehead atoms. The van der Waals surface area contributed by atoms with Gasteiger partial charge in [0.05, 0.1) is 4.92 Å². The van der Waals surface area contributed by atoms with Crippen LogP contribution in [-0.4, -0.2) is 47.8 Å². The van der Waals surface area contributed by atoms with E-state index in [0.29, 0.717) is 37.6 Å². The lowest BCUT2D eigenvalue weighted by Crippen LogP contribution is -2.48. The van der Waals surface area contributed by atoms with Gasteiger partial charge in [-0.25, -0.2) is 0 Å². The number of nitrogens with zero attached hydrogens (tertiary/aromatic N) is 3. The highest BCUT2D eigenvalue weighted by molar-refractivity contribution is 6.05. The minimum Gasteiger partial charge on any atom is -0.362 e. The standard InChI is InChI=1S/C25H24N4O4/c1-18(30)27-13-15-28(16-14-27)23-12-9-21(17-24(23)29(32)33)25(31)26-22-10-7-20(8-11-22)19-5-3-2-4-6-19/h2-12,17H,13-16H2,1H3,(H,26,31). The largest absolute Gasteiger partial charge is 0.362 e. The first-order valence-corrected chi connectivity index (χ1v) is 10.7. The second-order valence-electron chi connectivity index (χ2n) is 7.85. The predicted molar refractivity (Wildman–Crippen MR) is 127 cm³/mol. The zero-order valence-electron chi connectivity index (χ0n) is 18.2. The number of hydrogen-bond acceptors (Lipinski definition) is 5. The van der Waals surface area contributed by atoms with Gasteiger partial charge in [-0.15, -0.1) is 0 Å². The van der Waals surface area contributed by atoms with Crippen molar-refractivity contribution in [3.63, 3.8) is 0 Å². The number of benzene rings is 3. The first kappa shape index (κ1) is 22.0. The minimum atomic E-state index is -0.474. The number of nitro groups is 1. The Hall–Kier alpha value is -4.20. The summed E-state index contributed by atoms with van der Waals surface area (Å²) in [6.45, 7) is 3.53. The van der Waals surface area contributed by atoms with Crippen molar-refractivity contribution >= 4 is 28.9 Å². The number of amides is 2. The monoisotopic (exact) mass is 444 g/mol. The number of hydrogen-bond donors (Lipinski definition) is 1. The van der Waals surface area contributed by atoms with E-state index in [-0.39, 0.29) is 17.2 Å². The van der Waals surface area contributed by atoms with Crippen LogP contribution >= 0.6 is 0 Å². The summed E-state index contributed by atoms with van der Waals surface area (Å²) in [5.41, 5.74) is 3.24. The van der Waals surface area contributed by atoms with Gasteiger partial charge >= 0.3 is 0 Å². The van der Waals surface area contributed by atoms with Crippen molar-refractivity contribution in [2.45, 2.75) is 6.92 Å². The zero-order chi connectivity index (χ0) is 23.4. The third-order valence-electron chi connectivity index (χ3n) is 5.75. The van der Waals surface area contributed by atoms with Gasteiger partial charge in [-0.3, -0.25) is 19.7 Å². The van der Waals surface area contributed by atoms with Crippen molar-refractivity contribution in [3.05, 3.63) is 88.5 Å². The highest BCUT2D eigenvalue weighted by Crippen LogP contribution is 2.30. The molecule has 3 aromatic rings. The van der Waals surface area contributed by atoms with Crippen molar-refractivity contribution in [1.29, 1.82) is 0 Å². The van der Waals surface area contributed by atoms with Crippen LogP contribution in [0.1, 0.15) is 17.3 Å². The molecule has 4 rings (SSSR count). The van der Waals surface area contributed by atoms with E-state index in [4.69, 9.17) is 0 Å². The van der Waals surface area contributed by atoms with Gasteiger partial charge in [0.2, 0.25) is 5.91 Å². The Kier molecular flexibility index (Phi) is 6.35. The van der Waals surface area contributed by atoms with Crippen LogP contribution in [0.25, 0.3) is 11.1 Å². The number of nitrogens with one attached hydrogen (secondary N) is 1. The second-order valence-corrected chi connectivity index (χ2v) is 7.85. The first-order valence-electron chi connectivity index (χ1n) is 10.7. The molecule has 8 nitrogen and oxygen atoms in total. The Labute approximate surface area is 191 Å². The van der Waals surface area contributed by atoms with Crippen LogP contribution in [0.15, 0.2) is 72.8 Å². The number of piperazine rings is 1. The number of carbonyl (C=O) groups is 2. The summed E-state index contributed by atoms with van der Waals surface area (Å²) in [6.07, 6.45) is 0. The van der Waals surface area contributed by atoms with E-state index in [1.54, 1.807) is 29.2 Å². The van der Waals surface area contributed by atoms with Gasteiger partial charge in [0.15, 0.2) is 0 Å². The highest BCUT2D eigenvalue weighted by Gasteiger charge is 2.26. The zero-order valence-corrected chi connectivity index (χ0v) is 18.2. The topological polar surface area (TPSA) is 95.8 Å². The summed E-state index contributed by atoms with van der Waals surface area (Å²) >= 11 is 0. The molecule has 1 fully saturated rings. The van der Waals surface area contributed by atoms with E-state index in [1.807, 2.05) is 47.4 Å². The quantitative estimate of drug-likeness (QED) is 0.470. The summed E-state index contributed by atoms with van der Waals surface area (Å²) in [7, 11) is 0. The molecule has 0 spiro atoms. The maximum atomic E-state index is 12.8. The van der Waals surface area contributed by atoms with Crippen molar-refractivity contribution in [2.24, 2.45) is 0 Å². The van der Waals surface area contributed by atoms with Crippen LogP contribution in [0.4, 0.5) is 17.1 Å². The molecular weight excluding hydrogens is 420 g/mol. The molecule has 8 heteroatoms. The summed E-state index contributed by atoms with van der Waals surface area (Å²) in [4.78, 5) is 39.1. The molecular formula is C25H24N4O4. The van der Waals surface area contributed by atoms with Gasteiger partial charge in [0, 0.05) is 50.4 Å². The molecule has 0 unspecified atom stereocenters. The van der Waals surface area contributed by atoms with Crippen LogP contribution in [0.3, 0.4) is 0 Å². The fraction of sp³-hybridized carbons (Fsp3) is 0.200. The molecule has 168 valence electrons. The average molecular weight is 444 g/mol. The van der Waals surface area contributed by atoms with Gasteiger partial charge in [-0.05, 0) is 35.4 Å². The molecule has 1 N–H and O–H groups in total. The first-order chi connectivity index (χ1) is 15.9. The third-order valence-corrected chi connectivity index (χ3v) is 5.75. The minimum absolute atomic E-state index is 0.00651. The van der Waals surface area contributed by atoms with Crippen molar-refractivity contribution in [2.75, 3.05) is 36.4 Å². The maximum absolute atomic E-state index is 12.8. The Bertz CT molecular complexity index is 1170. The smallest absolute Gasteiger partial charge is 0.293 e. The predicted octanol–water partition coefficient (Wildman–Crippen LogP) is 4.18. The fourth-order valence-electron chi connectivity index (χ4n) is 3.92. The van der Waals surface area contributed by atoms with Gasteiger partial charge < -0.3 is 15.1 Å². The van der Waals surface area contributed by atoms with Crippen molar-refractivity contribution < 1.29 is 14.5 Å². The molecule has 0 atom stereocenters. The lowest BCUT2D eigenvalue weighted by molar-refractivity contribution is -0.384. The molecule has 33 heavy (non-hydrogen) atoms. The lowest BCUT2D eigenvalue weighted by atomic mass is 10.1. The van der Waals surface area contributed by atoms with Crippen LogP contribution in [0.5, 0.6) is 0 Å². The average Bonchev–Trinajstić information content (AvgIpc) is 2.84. The van der Waals surface area contributed by atoms with Crippen LogP contribution in [0.2, 0.25) is 0 Å². The molecule has 1 heterocycles. The highest BCUT2D eigenvalue weighted by atomic mass is 16.6. The van der Waals surface area contributed by atoms with Crippen molar-refractivity contribution in [1.82, 2.24) is 4.90 Å². The Morgan fingerprint density at radius 2 is 1.52 bits per heavy atom. The third kappa shape index (κ3) is 5.01. The Balaban J connectivity index is 1.48. The van der Waals surface area contributed by atoms with Gasteiger partial charge in [0.1, 0.15) is 5.69 Å². The normalized spacial score (nSPS) is 13.5. The molecule has 0 saturated carbocycles.